The van der Waals surface area contributed by atoms with E-state index >= 15 is 4.57 Å². The summed E-state index contributed by atoms with van der Waals surface area (Å²) in [6.07, 6.45) is 0.742. The first kappa shape index (κ1) is 26.6. The Kier molecular flexibility index (Phi) is 7.87. The number of carbonyl (C=O) groups excluding carboxylic acids is 2. The van der Waals surface area contributed by atoms with E-state index in [1.54, 1.807) is 18.2 Å². The maximum Gasteiger partial charge on any atom is 0.252 e. The predicted molar refractivity (Wildman–Crippen MR) is 144 cm³/mol. The van der Waals surface area contributed by atoms with Gasteiger partial charge >= 0.3 is 0 Å². The van der Waals surface area contributed by atoms with E-state index in [9.17, 15) is 9.59 Å². The number of carbonyl (C=O) groups is 2. The molecule has 0 saturated heterocycles. The molecule has 0 aromatic heterocycles. The zero-order chi connectivity index (χ0) is 26.1. The second kappa shape index (κ2) is 10.3. The standard InChI is InChI=1S/C30H35O4P/c1-9-12-34-25-17-18(2)10-11-26(25)35(33,29(31)27-21(5)13-19(3)14-22(27)6)30(32)28-23(7)15-20(4)16-24(28)8/h10-11,13-17H,9,12H2,1-8H3. The maximum atomic E-state index is 15.1. The molecule has 3 rings (SSSR count). The van der Waals surface area contributed by atoms with Gasteiger partial charge in [-0.3, -0.25) is 9.59 Å². The molecule has 0 aliphatic heterocycles. The van der Waals surface area contributed by atoms with Gasteiger partial charge in [0.2, 0.25) is 11.0 Å². The number of rotatable bonds is 8. The molecule has 3 aromatic carbocycles. The molecule has 0 heterocycles. The number of benzene rings is 3. The van der Waals surface area contributed by atoms with Crippen molar-refractivity contribution in [2.45, 2.75) is 61.8 Å². The van der Waals surface area contributed by atoms with E-state index in [2.05, 4.69) is 0 Å². The summed E-state index contributed by atoms with van der Waals surface area (Å²) < 4.78 is 21.1. The molecule has 0 radical (unpaired) electrons. The molecule has 184 valence electrons. The number of ether oxygens (including phenoxy) is 1. The fourth-order valence-corrected chi connectivity index (χ4v) is 7.55. The van der Waals surface area contributed by atoms with E-state index < -0.39 is 18.2 Å². The minimum atomic E-state index is -4.34. The highest BCUT2D eigenvalue weighted by molar-refractivity contribution is 8.01. The Bertz CT molecular complexity index is 1250. The van der Waals surface area contributed by atoms with Crippen LogP contribution in [0.15, 0.2) is 42.5 Å². The van der Waals surface area contributed by atoms with E-state index in [1.165, 1.54) is 0 Å². The van der Waals surface area contributed by atoms with E-state index in [4.69, 9.17) is 4.74 Å². The smallest absolute Gasteiger partial charge is 0.252 e. The van der Waals surface area contributed by atoms with Crippen LogP contribution < -0.4 is 10.0 Å². The third-order valence-electron chi connectivity index (χ3n) is 6.27. The first-order valence-corrected chi connectivity index (χ1v) is 13.7. The lowest BCUT2D eigenvalue weighted by atomic mass is 10.0. The van der Waals surface area contributed by atoms with E-state index in [1.807, 2.05) is 79.7 Å². The van der Waals surface area contributed by atoms with Crippen molar-refractivity contribution < 1.29 is 18.9 Å². The molecule has 0 spiro atoms. The molecule has 0 N–H and O–H groups in total. The predicted octanol–water partition coefficient (Wildman–Crippen LogP) is 7.30. The van der Waals surface area contributed by atoms with Crippen molar-refractivity contribution in [3.63, 3.8) is 0 Å². The second-order valence-corrected chi connectivity index (χ2v) is 12.1. The average molecular weight is 491 g/mol. The summed E-state index contributed by atoms with van der Waals surface area (Å²) in [7, 11) is -4.34. The van der Waals surface area contributed by atoms with Crippen LogP contribution >= 0.6 is 7.14 Å². The van der Waals surface area contributed by atoms with Crippen molar-refractivity contribution in [2.24, 2.45) is 0 Å². The van der Waals surface area contributed by atoms with Gasteiger partial charge in [-0.1, -0.05) is 48.4 Å². The Morgan fingerprint density at radius 3 is 1.51 bits per heavy atom. The number of hydrogen-bond acceptors (Lipinski definition) is 4. The van der Waals surface area contributed by atoms with Crippen LogP contribution in [0, 0.1) is 48.5 Å². The molecule has 0 unspecified atom stereocenters. The van der Waals surface area contributed by atoms with Crippen molar-refractivity contribution in [1.82, 2.24) is 0 Å². The van der Waals surface area contributed by atoms with Crippen LogP contribution in [0.2, 0.25) is 0 Å². The monoisotopic (exact) mass is 490 g/mol. The Balaban J connectivity index is 2.39. The molecule has 0 aliphatic rings. The average Bonchev–Trinajstić information content (AvgIpc) is 2.75. The molecule has 4 nitrogen and oxygen atoms in total. The molecule has 0 saturated carbocycles. The Hall–Kier alpha value is -2.97. The van der Waals surface area contributed by atoms with Gasteiger partial charge in [-0.05, 0) is 94.8 Å². The normalized spacial score (nSPS) is 11.4. The molecule has 0 fully saturated rings. The molecule has 0 amide bonds. The van der Waals surface area contributed by atoms with Crippen molar-refractivity contribution in [3.05, 3.63) is 92.5 Å². The summed E-state index contributed by atoms with van der Waals surface area (Å²) in [6, 6.07) is 12.7. The van der Waals surface area contributed by atoms with Crippen LogP contribution in [0.25, 0.3) is 0 Å². The maximum absolute atomic E-state index is 15.1. The molecule has 0 bridgehead atoms. The van der Waals surface area contributed by atoms with Gasteiger partial charge < -0.3 is 9.30 Å². The van der Waals surface area contributed by atoms with Crippen LogP contribution in [0.5, 0.6) is 5.75 Å². The summed E-state index contributed by atoms with van der Waals surface area (Å²) in [6.45, 7) is 15.5. The van der Waals surface area contributed by atoms with Crippen LogP contribution in [-0.2, 0) is 4.57 Å². The van der Waals surface area contributed by atoms with Gasteiger partial charge in [-0.15, -0.1) is 0 Å². The Labute approximate surface area is 209 Å². The summed E-state index contributed by atoms with van der Waals surface area (Å²) >= 11 is 0. The molecule has 0 aliphatic carbocycles. The molecular formula is C30H35O4P. The third-order valence-corrected chi connectivity index (χ3v) is 8.91. The third kappa shape index (κ3) is 5.04. The quantitative estimate of drug-likeness (QED) is 0.311. The zero-order valence-electron chi connectivity index (χ0n) is 22.0. The van der Waals surface area contributed by atoms with Crippen LogP contribution in [0.1, 0.15) is 73.0 Å². The Morgan fingerprint density at radius 1 is 0.686 bits per heavy atom. The molecule has 35 heavy (non-hydrogen) atoms. The molecule has 5 heteroatoms. The first-order chi connectivity index (χ1) is 16.4. The van der Waals surface area contributed by atoms with Gasteiger partial charge in [-0.2, -0.15) is 0 Å². The lowest BCUT2D eigenvalue weighted by molar-refractivity contribution is 0.103. The molecular weight excluding hydrogens is 455 g/mol. The second-order valence-electron chi connectivity index (χ2n) is 9.59. The highest BCUT2D eigenvalue weighted by Crippen LogP contribution is 2.54. The van der Waals surface area contributed by atoms with Crippen molar-refractivity contribution in [1.29, 1.82) is 0 Å². The van der Waals surface area contributed by atoms with E-state index in [0.717, 1.165) is 23.1 Å². The van der Waals surface area contributed by atoms with E-state index in [-0.39, 0.29) is 5.30 Å². The minimum Gasteiger partial charge on any atom is -0.493 e. The Morgan fingerprint density at radius 2 is 1.11 bits per heavy atom. The SMILES string of the molecule is CCCOc1cc(C)ccc1P(=O)(C(=O)c1c(C)cc(C)cc1C)C(=O)c1c(C)cc(C)cc1C. The summed E-state index contributed by atoms with van der Waals surface area (Å²) in [4.78, 5) is 28.6. The summed E-state index contributed by atoms with van der Waals surface area (Å²) in [5.74, 6) is 0.335. The van der Waals surface area contributed by atoms with Crippen LogP contribution in [0.3, 0.4) is 0 Å². The summed E-state index contributed by atoms with van der Waals surface area (Å²) in [5.41, 5.74) is 5.16. The van der Waals surface area contributed by atoms with Crippen molar-refractivity contribution in [2.75, 3.05) is 6.61 Å². The highest BCUT2D eigenvalue weighted by atomic mass is 31.2. The fourth-order valence-electron chi connectivity index (χ4n) is 4.87. The van der Waals surface area contributed by atoms with Gasteiger partial charge in [0.05, 0.1) is 11.9 Å². The van der Waals surface area contributed by atoms with Crippen LogP contribution in [-0.4, -0.2) is 17.7 Å². The minimum absolute atomic E-state index is 0.172. The van der Waals surface area contributed by atoms with Gasteiger partial charge in [0.1, 0.15) is 5.75 Å². The highest BCUT2D eigenvalue weighted by Gasteiger charge is 2.46. The zero-order valence-corrected chi connectivity index (χ0v) is 22.9. The molecule has 0 atom stereocenters. The van der Waals surface area contributed by atoms with Gasteiger partial charge in [0.25, 0.3) is 7.14 Å². The largest absolute Gasteiger partial charge is 0.493 e. The van der Waals surface area contributed by atoms with Gasteiger partial charge in [-0.25, -0.2) is 0 Å². The number of hydrogen-bond donors (Lipinski definition) is 0. The van der Waals surface area contributed by atoms with Gasteiger partial charge in [0.15, 0.2) is 0 Å². The van der Waals surface area contributed by atoms with Crippen LogP contribution in [0.4, 0.5) is 0 Å². The molecule has 3 aromatic rings. The van der Waals surface area contributed by atoms with Gasteiger partial charge in [0, 0.05) is 11.1 Å². The lowest BCUT2D eigenvalue weighted by Crippen LogP contribution is -2.25. The topological polar surface area (TPSA) is 60.4 Å². The first-order valence-electron chi connectivity index (χ1n) is 12.0. The van der Waals surface area contributed by atoms with E-state index in [0.29, 0.717) is 45.7 Å². The number of aryl methyl sites for hydroxylation is 7. The fraction of sp³-hybridized carbons (Fsp3) is 0.333. The van der Waals surface area contributed by atoms with Crippen molar-refractivity contribution >= 4 is 23.5 Å². The summed E-state index contributed by atoms with van der Waals surface area (Å²) in [5, 5.41) is 0.172. The lowest BCUT2D eigenvalue weighted by Gasteiger charge is -2.23. The van der Waals surface area contributed by atoms with Crippen molar-refractivity contribution in [3.8, 4) is 5.75 Å².